The summed E-state index contributed by atoms with van der Waals surface area (Å²) in [5.41, 5.74) is 1.04. The van der Waals surface area contributed by atoms with E-state index in [0.29, 0.717) is 59.0 Å². The molecule has 0 spiro atoms. The minimum Gasteiger partial charge on any atom is -0.337 e. The normalized spacial score (nSPS) is 15.2. The van der Waals surface area contributed by atoms with Gasteiger partial charge in [-0.3, -0.25) is 4.79 Å². The second-order valence-corrected chi connectivity index (χ2v) is 9.62. The Hall–Kier alpha value is -2.68. The highest BCUT2D eigenvalue weighted by Crippen LogP contribution is 2.25. The van der Waals surface area contributed by atoms with Crippen molar-refractivity contribution in [3.8, 4) is 0 Å². The molecule has 0 bridgehead atoms. The van der Waals surface area contributed by atoms with E-state index < -0.39 is 12.1 Å². The Labute approximate surface area is 219 Å². The van der Waals surface area contributed by atoms with E-state index in [0.717, 1.165) is 0 Å². The van der Waals surface area contributed by atoms with Crippen LogP contribution in [-0.2, 0) is 4.79 Å². The van der Waals surface area contributed by atoms with Crippen LogP contribution in [0.25, 0.3) is 0 Å². The van der Waals surface area contributed by atoms with Crippen molar-refractivity contribution in [1.82, 2.24) is 15.1 Å². The number of nitrogens with one attached hydrogen (secondary N) is 3. The van der Waals surface area contributed by atoms with E-state index in [2.05, 4.69) is 16.0 Å². The van der Waals surface area contributed by atoms with Crippen molar-refractivity contribution in [2.24, 2.45) is 5.92 Å². The van der Waals surface area contributed by atoms with Crippen LogP contribution >= 0.6 is 34.8 Å². The number of benzene rings is 2. The third kappa shape index (κ3) is 7.40. The van der Waals surface area contributed by atoms with E-state index in [9.17, 15) is 14.4 Å². The van der Waals surface area contributed by atoms with Crippen LogP contribution in [0.3, 0.4) is 0 Å². The molecule has 1 aliphatic heterocycles. The summed E-state index contributed by atoms with van der Waals surface area (Å²) in [4.78, 5) is 41.9. The molecule has 11 heteroatoms. The van der Waals surface area contributed by atoms with Crippen molar-refractivity contribution in [2.45, 2.75) is 26.3 Å². The Morgan fingerprint density at radius 2 is 1.49 bits per heavy atom. The topological polar surface area (TPSA) is 93.8 Å². The van der Waals surface area contributed by atoms with Crippen molar-refractivity contribution < 1.29 is 14.4 Å². The van der Waals surface area contributed by atoms with Gasteiger partial charge in [0, 0.05) is 41.9 Å². The summed E-state index contributed by atoms with van der Waals surface area (Å²) in [6.07, 6.45) is 0.696. The number of halogens is 3. The Bertz CT molecular complexity index is 1060. The van der Waals surface area contributed by atoms with Crippen molar-refractivity contribution in [1.29, 1.82) is 0 Å². The van der Waals surface area contributed by atoms with Gasteiger partial charge in [-0.05, 0) is 48.4 Å². The number of hydrogen-bond acceptors (Lipinski definition) is 3. The molecule has 35 heavy (non-hydrogen) atoms. The molecule has 0 radical (unpaired) electrons. The van der Waals surface area contributed by atoms with Gasteiger partial charge in [0.1, 0.15) is 6.04 Å². The Morgan fingerprint density at radius 1 is 0.886 bits per heavy atom. The summed E-state index contributed by atoms with van der Waals surface area (Å²) in [7, 11) is 0. The largest absolute Gasteiger partial charge is 0.337 e. The number of carbonyl (C=O) groups excluding carboxylic acids is 3. The van der Waals surface area contributed by atoms with Gasteiger partial charge in [0.05, 0.1) is 10.7 Å². The van der Waals surface area contributed by atoms with Crippen LogP contribution in [0.4, 0.5) is 21.0 Å². The van der Waals surface area contributed by atoms with Crippen LogP contribution < -0.4 is 16.0 Å². The summed E-state index contributed by atoms with van der Waals surface area (Å²) in [5.74, 6) is -0.283. The molecule has 2 atom stereocenters. The van der Waals surface area contributed by atoms with Gasteiger partial charge >= 0.3 is 12.1 Å². The standard InChI is InChI=1S/C24H28Cl3N5O3/c1-3-15(2)21(30-23(34)29-20-9-6-17(26)14-19(20)27)22(33)31-10-12-32(13-11-31)24(35)28-18-7-4-16(25)5-8-18/h4-9,14-15,21H,3,10-13H2,1-2H3,(H,28,35)(H2,29,30,34). The van der Waals surface area contributed by atoms with Crippen LogP contribution in [-0.4, -0.2) is 60.0 Å². The maximum atomic E-state index is 13.3. The third-order valence-electron chi connectivity index (χ3n) is 5.92. The second-order valence-electron chi connectivity index (χ2n) is 8.34. The molecule has 0 saturated carbocycles. The monoisotopic (exact) mass is 539 g/mol. The second kappa shape index (κ2) is 12.3. The molecule has 2 aromatic carbocycles. The molecule has 1 heterocycles. The predicted octanol–water partition coefficient (Wildman–Crippen LogP) is 5.56. The predicted molar refractivity (Wildman–Crippen MR) is 140 cm³/mol. The number of urea groups is 2. The van der Waals surface area contributed by atoms with Crippen molar-refractivity contribution in [3.05, 3.63) is 57.5 Å². The molecule has 188 valence electrons. The maximum absolute atomic E-state index is 13.3. The average Bonchev–Trinajstić information content (AvgIpc) is 2.85. The minimum atomic E-state index is -0.722. The molecule has 2 aromatic rings. The lowest BCUT2D eigenvalue weighted by Crippen LogP contribution is -2.58. The highest BCUT2D eigenvalue weighted by Gasteiger charge is 2.32. The number of hydrogen-bond donors (Lipinski definition) is 3. The molecule has 2 unspecified atom stereocenters. The zero-order valence-electron chi connectivity index (χ0n) is 19.5. The summed E-state index contributed by atoms with van der Waals surface area (Å²) in [6.45, 7) is 5.36. The number of rotatable bonds is 6. The van der Waals surface area contributed by atoms with Gasteiger partial charge in [0.15, 0.2) is 0 Å². The zero-order chi connectivity index (χ0) is 25.5. The first-order valence-corrected chi connectivity index (χ1v) is 12.4. The van der Waals surface area contributed by atoms with Crippen molar-refractivity contribution >= 4 is 64.1 Å². The van der Waals surface area contributed by atoms with Crippen LogP contribution in [0.15, 0.2) is 42.5 Å². The fourth-order valence-corrected chi connectivity index (χ4v) is 4.22. The fourth-order valence-electron chi connectivity index (χ4n) is 3.64. The quantitative estimate of drug-likeness (QED) is 0.448. The Kier molecular flexibility index (Phi) is 9.48. The van der Waals surface area contributed by atoms with E-state index >= 15 is 0 Å². The Morgan fingerprint density at radius 3 is 2.09 bits per heavy atom. The minimum absolute atomic E-state index is 0.0971. The fraction of sp³-hybridized carbons (Fsp3) is 0.375. The van der Waals surface area contributed by atoms with Crippen molar-refractivity contribution in [2.75, 3.05) is 36.8 Å². The summed E-state index contributed by atoms with van der Waals surface area (Å²) >= 11 is 17.9. The number of anilines is 2. The molecular formula is C24H28Cl3N5O3. The first-order chi connectivity index (χ1) is 16.7. The SMILES string of the molecule is CCC(C)C(NC(=O)Nc1ccc(Cl)cc1Cl)C(=O)N1CCN(C(=O)Nc2ccc(Cl)cc2)CC1. The van der Waals surface area contributed by atoms with Crippen LogP contribution in [0.2, 0.25) is 15.1 Å². The number of carbonyl (C=O) groups is 3. The van der Waals surface area contributed by atoms with Gasteiger partial charge in [0.25, 0.3) is 0 Å². The lowest BCUT2D eigenvalue weighted by atomic mass is 9.97. The lowest BCUT2D eigenvalue weighted by molar-refractivity contribution is -0.135. The smallest absolute Gasteiger partial charge is 0.321 e. The molecule has 3 N–H and O–H groups in total. The van der Waals surface area contributed by atoms with E-state index in [-0.39, 0.29) is 17.9 Å². The van der Waals surface area contributed by atoms with Gasteiger partial charge in [-0.2, -0.15) is 0 Å². The molecule has 1 saturated heterocycles. The summed E-state index contributed by atoms with van der Waals surface area (Å²) in [6, 6.07) is 10.1. The van der Waals surface area contributed by atoms with Gasteiger partial charge in [0.2, 0.25) is 5.91 Å². The van der Waals surface area contributed by atoms with Gasteiger partial charge in [-0.1, -0.05) is 55.1 Å². The highest BCUT2D eigenvalue weighted by atomic mass is 35.5. The van der Waals surface area contributed by atoms with E-state index in [4.69, 9.17) is 34.8 Å². The number of amides is 5. The highest BCUT2D eigenvalue weighted by molar-refractivity contribution is 6.36. The zero-order valence-corrected chi connectivity index (χ0v) is 21.8. The summed E-state index contributed by atoms with van der Waals surface area (Å²) in [5, 5.41) is 9.63. The number of nitrogens with zero attached hydrogens (tertiary/aromatic N) is 2. The molecule has 1 fully saturated rings. The summed E-state index contributed by atoms with van der Waals surface area (Å²) < 4.78 is 0. The van der Waals surface area contributed by atoms with Crippen LogP contribution in [0.1, 0.15) is 20.3 Å². The average molecular weight is 541 g/mol. The first kappa shape index (κ1) is 26.9. The third-order valence-corrected chi connectivity index (χ3v) is 6.72. The number of piperazine rings is 1. The molecule has 0 aliphatic carbocycles. The maximum Gasteiger partial charge on any atom is 0.321 e. The molecule has 1 aliphatic rings. The molecule has 0 aromatic heterocycles. The molecule has 8 nitrogen and oxygen atoms in total. The van der Waals surface area contributed by atoms with Gasteiger partial charge < -0.3 is 25.8 Å². The van der Waals surface area contributed by atoms with Gasteiger partial charge in [-0.15, -0.1) is 0 Å². The first-order valence-electron chi connectivity index (χ1n) is 11.3. The van der Waals surface area contributed by atoms with Gasteiger partial charge in [-0.25, -0.2) is 9.59 Å². The van der Waals surface area contributed by atoms with E-state index in [1.807, 2.05) is 13.8 Å². The van der Waals surface area contributed by atoms with E-state index in [1.54, 1.807) is 46.2 Å². The molecular weight excluding hydrogens is 513 g/mol. The molecule has 5 amide bonds. The van der Waals surface area contributed by atoms with Crippen molar-refractivity contribution in [3.63, 3.8) is 0 Å². The van der Waals surface area contributed by atoms with Crippen LogP contribution in [0, 0.1) is 5.92 Å². The van der Waals surface area contributed by atoms with Crippen LogP contribution in [0.5, 0.6) is 0 Å². The Balaban J connectivity index is 1.57. The molecule has 3 rings (SSSR count). The lowest BCUT2D eigenvalue weighted by Gasteiger charge is -2.37. The van der Waals surface area contributed by atoms with E-state index in [1.165, 1.54) is 6.07 Å².